The lowest BCUT2D eigenvalue weighted by Gasteiger charge is -2.06. The normalized spacial score (nSPS) is 14.4. The zero-order valence-corrected chi connectivity index (χ0v) is 11.5. The van der Waals surface area contributed by atoms with Gasteiger partial charge in [0.25, 0.3) is 0 Å². The number of primary amides is 1. The van der Waals surface area contributed by atoms with Crippen LogP contribution >= 0.6 is 0 Å². The minimum Gasteiger partial charge on any atom is -0.369 e. The molecule has 104 valence electrons. The first-order valence-electron chi connectivity index (χ1n) is 6.91. The maximum absolute atomic E-state index is 11.2. The SMILES string of the molecule is Cc1cc(-n2nc(CC3CC3)cc2CC(N)=O)ccn1. The number of hydrogen-bond acceptors (Lipinski definition) is 3. The highest BCUT2D eigenvalue weighted by atomic mass is 16.1. The van der Waals surface area contributed by atoms with E-state index in [1.165, 1.54) is 12.8 Å². The molecule has 1 aliphatic rings. The summed E-state index contributed by atoms with van der Waals surface area (Å²) in [5, 5.41) is 4.64. The van der Waals surface area contributed by atoms with E-state index in [-0.39, 0.29) is 12.3 Å². The van der Waals surface area contributed by atoms with Gasteiger partial charge in [-0.2, -0.15) is 5.10 Å². The zero-order valence-electron chi connectivity index (χ0n) is 11.5. The highest BCUT2D eigenvalue weighted by Crippen LogP contribution is 2.32. The molecule has 1 fully saturated rings. The van der Waals surface area contributed by atoms with E-state index in [2.05, 4.69) is 10.1 Å². The molecular weight excluding hydrogens is 252 g/mol. The van der Waals surface area contributed by atoms with Crippen molar-refractivity contribution in [2.75, 3.05) is 0 Å². The molecule has 0 aromatic carbocycles. The first-order chi connectivity index (χ1) is 9.61. The first kappa shape index (κ1) is 12.8. The van der Waals surface area contributed by atoms with E-state index in [1.54, 1.807) is 6.20 Å². The summed E-state index contributed by atoms with van der Waals surface area (Å²) < 4.78 is 1.82. The quantitative estimate of drug-likeness (QED) is 0.896. The molecule has 0 radical (unpaired) electrons. The minimum absolute atomic E-state index is 0.207. The van der Waals surface area contributed by atoms with Gasteiger partial charge >= 0.3 is 0 Å². The molecule has 0 saturated heterocycles. The topological polar surface area (TPSA) is 73.8 Å². The van der Waals surface area contributed by atoms with Crippen molar-refractivity contribution in [3.05, 3.63) is 41.5 Å². The molecule has 5 nitrogen and oxygen atoms in total. The van der Waals surface area contributed by atoms with Gasteiger partial charge in [0.2, 0.25) is 5.91 Å². The fourth-order valence-electron chi connectivity index (χ4n) is 2.38. The molecule has 0 atom stereocenters. The van der Waals surface area contributed by atoms with Gasteiger partial charge in [0, 0.05) is 11.9 Å². The maximum Gasteiger partial charge on any atom is 0.223 e. The van der Waals surface area contributed by atoms with Gasteiger partial charge < -0.3 is 5.73 Å². The summed E-state index contributed by atoms with van der Waals surface area (Å²) in [6.45, 7) is 1.94. The number of carbonyl (C=O) groups excluding carboxylic acids is 1. The smallest absolute Gasteiger partial charge is 0.223 e. The van der Waals surface area contributed by atoms with Crippen molar-refractivity contribution in [3.8, 4) is 5.69 Å². The van der Waals surface area contributed by atoms with Crippen LogP contribution in [-0.4, -0.2) is 20.7 Å². The monoisotopic (exact) mass is 270 g/mol. The molecule has 5 heteroatoms. The third-order valence-corrected chi connectivity index (χ3v) is 3.51. The van der Waals surface area contributed by atoms with E-state index in [0.717, 1.165) is 35.1 Å². The van der Waals surface area contributed by atoms with Crippen LogP contribution in [0.2, 0.25) is 0 Å². The number of carbonyl (C=O) groups is 1. The van der Waals surface area contributed by atoms with Crippen molar-refractivity contribution in [1.82, 2.24) is 14.8 Å². The van der Waals surface area contributed by atoms with Crippen molar-refractivity contribution in [2.24, 2.45) is 11.7 Å². The van der Waals surface area contributed by atoms with E-state index in [4.69, 9.17) is 5.73 Å². The Bertz CT molecular complexity index is 643. The summed E-state index contributed by atoms with van der Waals surface area (Å²) in [4.78, 5) is 15.4. The first-order valence-corrected chi connectivity index (χ1v) is 6.91. The lowest BCUT2D eigenvalue weighted by atomic mass is 10.2. The number of aryl methyl sites for hydroxylation is 1. The van der Waals surface area contributed by atoms with Gasteiger partial charge in [0.05, 0.1) is 23.5 Å². The highest BCUT2D eigenvalue weighted by Gasteiger charge is 2.23. The van der Waals surface area contributed by atoms with Gasteiger partial charge in [-0.05, 0) is 50.3 Å². The fourth-order valence-corrected chi connectivity index (χ4v) is 2.38. The Kier molecular flexibility index (Phi) is 3.26. The van der Waals surface area contributed by atoms with Gasteiger partial charge in [-0.15, -0.1) is 0 Å². The summed E-state index contributed by atoms with van der Waals surface area (Å²) in [7, 11) is 0. The predicted octanol–water partition coefficient (Wildman–Crippen LogP) is 1.56. The van der Waals surface area contributed by atoms with E-state index >= 15 is 0 Å². The summed E-state index contributed by atoms with van der Waals surface area (Å²) in [6, 6.07) is 5.85. The molecule has 0 bridgehead atoms. The summed E-state index contributed by atoms with van der Waals surface area (Å²) >= 11 is 0. The lowest BCUT2D eigenvalue weighted by molar-refractivity contribution is -0.117. The van der Waals surface area contributed by atoms with Crippen LogP contribution in [0.25, 0.3) is 5.69 Å². The van der Waals surface area contributed by atoms with Gasteiger partial charge in [0.15, 0.2) is 0 Å². The Balaban J connectivity index is 1.97. The Labute approximate surface area is 117 Å². The van der Waals surface area contributed by atoms with Crippen LogP contribution in [0.4, 0.5) is 0 Å². The summed E-state index contributed by atoms with van der Waals surface area (Å²) in [5.74, 6) is 0.425. The van der Waals surface area contributed by atoms with Crippen molar-refractivity contribution in [2.45, 2.75) is 32.6 Å². The van der Waals surface area contributed by atoms with Crippen molar-refractivity contribution >= 4 is 5.91 Å². The average molecular weight is 270 g/mol. The molecule has 1 amide bonds. The molecule has 0 spiro atoms. The third kappa shape index (κ3) is 2.87. The maximum atomic E-state index is 11.2. The van der Waals surface area contributed by atoms with Crippen LogP contribution in [0.1, 0.15) is 29.9 Å². The Hall–Kier alpha value is -2.17. The summed E-state index contributed by atoms with van der Waals surface area (Å²) in [5.41, 5.74) is 9.07. The molecule has 20 heavy (non-hydrogen) atoms. The third-order valence-electron chi connectivity index (χ3n) is 3.51. The zero-order chi connectivity index (χ0) is 14.1. The number of nitrogens with zero attached hydrogens (tertiary/aromatic N) is 3. The van der Waals surface area contributed by atoms with Crippen molar-refractivity contribution in [3.63, 3.8) is 0 Å². The van der Waals surface area contributed by atoms with Crippen LogP contribution in [0.5, 0.6) is 0 Å². The van der Waals surface area contributed by atoms with Gasteiger partial charge in [0.1, 0.15) is 0 Å². The molecule has 2 heterocycles. The molecular formula is C15H18N4O. The second-order valence-electron chi connectivity index (χ2n) is 5.48. The van der Waals surface area contributed by atoms with Crippen LogP contribution in [-0.2, 0) is 17.6 Å². The fraction of sp³-hybridized carbons (Fsp3) is 0.400. The van der Waals surface area contributed by atoms with Crippen LogP contribution in [0, 0.1) is 12.8 Å². The van der Waals surface area contributed by atoms with E-state index in [9.17, 15) is 4.79 Å². The second-order valence-corrected chi connectivity index (χ2v) is 5.48. The van der Waals surface area contributed by atoms with Crippen LogP contribution < -0.4 is 5.73 Å². The average Bonchev–Trinajstić information content (AvgIpc) is 3.10. The molecule has 1 aliphatic carbocycles. The molecule has 2 N–H and O–H groups in total. The lowest BCUT2D eigenvalue weighted by Crippen LogP contribution is -2.16. The number of nitrogens with two attached hydrogens (primary N) is 1. The standard InChI is InChI=1S/C15H18N4O/c1-10-6-13(4-5-17-10)19-14(9-15(16)20)8-12(18-19)7-11-2-3-11/h4-6,8,11H,2-3,7,9H2,1H3,(H2,16,20). The molecule has 2 aromatic rings. The van der Waals surface area contributed by atoms with Gasteiger partial charge in [-0.1, -0.05) is 0 Å². The molecule has 3 rings (SSSR count). The number of amides is 1. The van der Waals surface area contributed by atoms with Crippen molar-refractivity contribution < 1.29 is 4.79 Å². The predicted molar refractivity (Wildman–Crippen MR) is 75.4 cm³/mol. The molecule has 0 aliphatic heterocycles. The molecule has 1 saturated carbocycles. The molecule has 0 unspecified atom stereocenters. The van der Waals surface area contributed by atoms with Crippen LogP contribution in [0.15, 0.2) is 24.4 Å². The number of aromatic nitrogens is 3. The van der Waals surface area contributed by atoms with Crippen molar-refractivity contribution in [1.29, 1.82) is 0 Å². The van der Waals surface area contributed by atoms with Gasteiger partial charge in [-0.3, -0.25) is 9.78 Å². The van der Waals surface area contributed by atoms with Gasteiger partial charge in [-0.25, -0.2) is 4.68 Å². The highest BCUT2D eigenvalue weighted by molar-refractivity contribution is 5.76. The minimum atomic E-state index is -0.338. The number of rotatable bonds is 5. The van der Waals surface area contributed by atoms with E-state index in [0.29, 0.717) is 0 Å². The Morgan fingerprint density at radius 3 is 2.90 bits per heavy atom. The Morgan fingerprint density at radius 2 is 2.25 bits per heavy atom. The number of pyridine rings is 1. The number of hydrogen-bond donors (Lipinski definition) is 1. The molecule has 2 aromatic heterocycles. The van der Waals surface area contributed by atoms with E-state index in [1.807, 2.05) is 29.8 Å². The van der Waals surface area contributed by atoms with E-state index < -0.39 is 0 Å². The Morgan fingerprint density at radius 1 is 1.45 bits per heavy atom. The second kappa shape index (κ2) is 5.07. The largest absolute Gasteiger partial charge is 0.369 e. The summed E-state index contributed by atoms with van der Waals surface area (Å²) in [6.07, 6.45) is 5.52. The van der Waals surface area contributed by atoms with Crippen LogP contribution in [0.3, 0.4) is 0 Å².